The third-order valence-corrected chi connectivity index (χ3v) is 5.47. The van der Waals surface area contributed by atoms with Gasteiger partial charge in [0.25, 0.3) is 11.8 Å². The van der Waals surface area contributed by atoms with E-state index in [-0.39, 0.29) is 17.1 Å². The molecule has 2 amide bonds. The van der Waals surface area contributed by atoms with Gasteiger partial charge in [0, 0.05) is 10.3 Å². The largest absolute Gasteiger partial charge is 0.272 e. The summed E-state index contributed by atoms with van der Waals surface area (Å²) >= 11 is 7.38. The third kappa shape index (κ3) is 3.44. The van der Waals surface area contributed by atoms with E-state index in [0.29, 0.717) is 21.2 Å². The van der Waals surface area contributed by atoms with Gasteiger partial charge in [-0.15, -0.1) is 11.8 Å². The van der Waals surface area contributed by atoms with Crippen LogP contribution in [0.25, 0.3) is 5.57 Å². The number of hydrogen-bond donors (Lipinski definition) is 0. The highest BCUT2D eigenvalue weighted by Gasteiger charge is 2.40. The molecular formula is C21H20ClNO2S. The summed E-state index contributed by atoms with van der Waals surface area (Å²) in [5.74, 6) is -0.557. The number of carbonyl (C=O) groups excluding carboxylic acids is 2. The van der Waals surface area contributed by atoms with Crippen molar-refractivity contribution < 1.29 is 9.59 Å². The lowest BCUT2D eigenvalue weighted by Crippen LogP contribution is -2.31. The van der Waals surface area contributed by atoms with Crippen LogP contribution >= 0.6 is 23.4 Å². The van der Waals surface area contributed by atoms with Crippen molar-refractivity contribution in [2.75, 3.05) is 4.90 Å². The Morgan fingerprint density at radius 2 is 1.62 bits per heavy atom. The van der Waals surface area contributed by atoms with Crippen LogP contribution in [0.5, 0.6) is 0 Å². The van der Waals surface area contributed by atoms with Crippen molar-refractivity contribution in [1.29, 1.82) is 0 Å². The van der Waals surface area contributed by atoms with Crippen molar-refractivity contribution in [3.63, 3.8) is 0 Å². The minimum atomic E-state index is -0.285. The predicted molar refractivity (Wildman–Crippen MR) is 110 cm³/mol. The van der Waals surface area contributed by atoms with E-state index >= 15 is 0 Å². The molecule has 1 heterocycles. The first kappa shape index (κ1) is 18.7. The van der Waals surface area contributed by atoms with E-state index in [9.17, 15) is 9.59 Å². The Hall–Kier alpha value is -2.04. The number of halogens is 1. The fourth-order valence-corrected chi connectivity index (χ4v) is 4.12. The Balaban J connectivity index is 2.14. The molecule has 0 aliphatic carbocycles. The van der Waals surface area contributed by atoms with E-state index in [2.05, 4.69) is 0 Å². The summed E-state index contributed by atoms with van der Waals surface area (Å²) in [7, 11) is 0. The van der Waals surface area contributed by atoms with E-state index in [1.165, 1.54) is 16.7 Å². The first-order valence-corrected chi connectivity index (χ1v) is 9.68. The molecule has 1 aliphatic heterocycles. The molecule has 0 saturated heterocycles. The molecule has 134 valence electrons. The average Bonchev–Trinajstić information content (AvgIpc) is 2.79. The van der Waals surface area contributed by atoms with Gasteiger partial charge >= 0.3 is 0 Å². The molecule has 0 N–H and O–H groups in total. The maximum Gasteiger partial charge on any atom is 0.272 e. The van der Waals surface area contributed by atoms with Crippen molar-refractivity contribution in [2.45, 2.75) is 32.9 Å². The molecule has 5 heteroatoms. The molecule has 0 bridgehead atoms. The van der Waals surface area contributed by atoms with E-state index in [1.807, 2.05) is 45.9 Å². The van der Waals surface area contributed by atoms with Crippen LogP contribution in [-0.4, -0.2) is 17.1 Å². The lowest BCUT2D eigenvalue weighted by atomic mass is 9.99. The highest BCUT2D eigenvalue weighted by Crippen LogP contribution is 2.40. The lowest BCUT2D eigenvalue weighted by Gasteiger charge is -2.15. The zero-order valence-electron chi connectivity index (χ0n) is 15.2. The van der Waals surface area contributed by atoms with Gasteiger partial charge in [0.05, 0.1) is 16.2 Å². The zero-order chi connectivity index (χ0) is 19.0. The van der Waals surface area contributed by atoms with Crippen LogP contribution in [0.15, 0.2) is 47.4 Å². The highest BCUT2D eigenvalue weighted by atomic mass is 35.5. The summed E-state index contributed by atoms with van der Waals surface area (Å²) in [6, 6.07) is 12.7. The number of carbonyl (C=O) groups is 2. The summed E-state index contributed by atoms with van der Waals surface area (Å²) < 4.78 is 0. The van der Waals surface area contributed by atoms with Crippen LogP contribution in [0.2, 0.25) is 5.02 Å². The monoisotopic (exact) mass is 385 g/mol. The van der Waals surface area contributed by atoms with Gasteiger partial charge in [-0.25, -0.2) is 4.90 Å². The molecule has 0 fully saturated rings. The second kappa shape index (κ2) is 7.29. The van der Waals surface area contributed by atoms with Crippen molar-refractivity contribution >= 4 is 46.4 Å². The average molecular weight is 386 g/mol. The van der Waals surface area contributed by atoms with Crippen LogP contribution in [0, 0.1) is 13.8 Å². The molecule has 0 radical (unpaired) electrons. The second-order valence-corrected chi connectivity index (χ2v) is 8.63. The van der Waals surface area contributed by atoms with E-state index in [4.69, 9.17) is 11.6 Å². The zero-order valence-corrected chi connectivity index (χ0v) is 16.7. The van der Waals surface area contributed by atoms with Crippen molar-refractivity contribution in [3.8, 4) is 0 Å². The van der Waals surface area contributed by atoms with Gasteiger partial charge in [-0.3, -0.25) is 9.59 Å². The summed E-state index contributed by atoms with van der Waals surface area (Å²) in [5.41, 5.74) is 3.94. The highest BCUT2D eigenvalue weighted by molar-refractivity contribution is 8.04. The topological polar surface area (TPSA) is 37.4 Å². The fourth-order valence-electron chi connectivity index (χ4n) is 3.01. The Morgan fingerprint density at radius 3 is 2.19 bits per heavy atom. The van der Waals surface area contributed by atoms with E-state index < -0.39 is 0 Å². The number of imide groups is 1. The van der Waals surface area contributed by atoms with Gasteiger partial charge in [0.1, 0.15) is 0 Å². The predicted octanol–water partition coefficient (Wildman–Crippen LogP) is 5.38. The van der Waals surface area contributed by atoms with Gasteiger partial charge in [-0.1, -0.05) is 49.2 Å². The van der Waals surface area contributed by atoms with E-state index in [0.717, 1.165) is 16.7 Å². The number of aryl methyl sites for hydroxylation is 2. The number of benzene rings is 2. The van der Waals surface area contributed by atoms with Crippen molar-refractivity contribution in [1.82, 2.24) is 0 Å². The molecule has 0 saturated carbocycles. The van der Waals surface area contributed by atoms with Crippen molar-refractivity contribution in [2.24, 2.45) is 0 Å². The molecule has 0 unspecified atom stereocenters. The normalized spacial score (nSPS) is 14.8. The van der Waals surface area contributed by atoms with Crippen molar-refractivity contribution in [3.05, 3.63) is 69.1 Å². The summed E-state index contributed by atoms with van der Waals surface area (Å²) in [6.45, 7) is 8.01. The molecule has 0 aromatic heterocycles. The summed E-state index contributed by atoms with van der Waals surface area (Å²) in [5, 5.41) is 0.750. The number of thioether (sulfide) groups is 1. The minimum absolute atomic E-state index is 0.188. The molecule has 3 nitrogen and oxygen atoms in total. The van der Waals surface area contributed by atoms with Gasteiger partial charge in [0.2, 0.25) is 0 Å². The van der Waals surface area contributed by atoms with Gasteiger partial charge in [0.15, 0.2) is 0 Å². The smallest absolute Gasteiger partial charge is 0.268 e. The number of anilines is 1. The number of rotatable bonds is 4. The first-order valence-electron chi connectivity index (χ1n) is 8.42. The van der Waals surface area contributed by atoms with Crippen LogP contribution in [0.3, 0.4) is 0 Å². The molecular weight excluding hydrogens is 366 g/mol. The Bertz CT molecular complexity index is 916. The quantitative estimate of drug-likeness (QED) is 0.663. The molecule has 0 spiro atoms. The Morgan fingerprint density at radius 1 is 0.962 bits per heavy atom. The Labute approximate surface area is 163 Å². The molecule has 1 aliphatic rings. The fraction of sp³-hybridized carbons (Fsp3) is 0.238. The standard InChI is InChI=1S/C21H20ClNO2S/c1-12(2)26-19-18(17-10-5-13(3)11-14(17)4)20(24)23(21(19)25)16-8-6-15(22)7-9-16/h5-12H,1-4H3. The second-order valence-electron chi connectivity index (χ2n) is 6.61. The van der Waals surface area contributed by atoms with Crippen LogP contribution < -0.4 is 4.90 Å². The van der Waals surface area contributed by atoms with Gasteiger partial charge < -0.3 is 0 Å². The summed E-state index contributed by atoms with van der Waals surface area (Å²) in [6.07, 6.45) is 0. The first-order chi connectivity index (χ1) is 12.3. The number of hydrogen-bond acceptors (Lipinski definition) is 3. The summed E-state index contributed by atoms with van der Waals surface area (Å²) in [4.78, 5) is 28.1. The molecule has 2 aromatic carbocycles. The number of amides is 2. The maximum atomic E-state index is 13.2. The van der Waals surface area contributed by atoms with Gasteiger partial charge in [-0.2, -0.15) is 0 Å². The van der Waals surface area contributed by atoms with Crippen LogP contribution in [0.4, 0.5) is 5.69 Å². The molecule has 0 atom stereocenters. The lowest BCUT2D eigenvalue weighted by molar-refractivity contribution is -0.119. The van der Waals surface area contributed by atoms with E-state index in [1.54, 1.807) is 24.3 Å². The van der Waals surface area contributed by atoms with Crippen LogP contribution in [-0.2, 0) is 9.59 Å². The molecule has 2 aromatic rings. The molecule has 3 rings (SSSR count). The molecule has 26 heavy (non-hydrogen) atoms. The minimum Gasteiger partial charge on any atom is -0.268 e. The SMILES string of the molecule is Cc1ccc(C2=C(SC(C)C)C(=O)N(c3ccc(Cl)cc3)C2=O)c(C)c1. The maximum absolute atomic E-state index is 13.2. The van der Waals surface area contributed by atoms with Crippen LogP contribution in [0.1, 0.15) is 30.5 Å². The van der Waals surface area contributed by atoms with Gasteiger partial charge in [-0.05, 0) is 49.2 Å². The number of nitrogens with zero attached hydrogens (tertiary/aromatic N) is 1. The third-order valence-electron chi connectivity index (χ3n) is 4.13. The Kier molecular flexibility index (Phi) is 5.26.